The number of carbonyl (C=O) groups is 2. The molecule has 0 heterocycles. The van der Waals surface area contributed by atoms with Crippen molar-refractivity contribution in [3.8, 4) is 0 Å². The third-order valence-electron chi connectivity index (χ3n) is 3.79. The molecule has 0 fully saturated rings. The molecule has 4 nitrogen and oxygen atoms in total. The Morgan fingerprint density at radius 2 is 1.48 bits per heavy atom. The lowest BCUT2D eigenvalue weighted by Gasteiger charge is -2.16. The Bertz CT molecular complexity index is 335. The summed E-state index contributed by atoms with van der Waals surface area (Å²) >= 11 is 0. The standard InChI is InChI=1S/C19H32O4/c1-3-5-8-12-17(13-9-6-4-2)16-23-19(22)15-11-7-10-14-18(20)21/h3-4,17H,1-2,5-16H2,(H,20,21). The fourth-order valence-electron chi connectivity index (χ4n) is 2.42. The Morgan fingerprint density at radius 1 is 0.913 bits per heavy atom. The van der Waals surface area contributed by atoms with E-state index in [2.05, 4.69) is 13.2 Å². The maximum atomic E-state index is 11.7. The van der Waals surface area contributed by atoms with Gasteiger partial charge in [0.05, 0.1) is 6.61 Å². The Balaban J connectivity index is 3.86. The van der Waals surface area contributed by atoms with E-state index in [-0.39, 0.29) is 12.4 Å². The normalized spacial score (nSPS) is 10.5. The average Bonchev–Trinajstić information content (AvgIpc) is 2.51. The minimum atomic E-state index is -0.783. The summed E-state index contributed by atoms with van der Waals surface area (Å²) in [5.74, 6) is -0.543. The van der Waals surface area contributed by atoms with Crippen LogP contribution in [0.2, 0.25) is 0 Å². The highest BCUT2D eigenvalue weighted by molar-refractivity contribution is 5.69. The van der Waals surface area contributed by atoms with Crippen LogP contribution in [0.1, 0.15) is 70.6 Å². The average molecular weight is 324 g/mol. The van der Waals surface area contributed by atoms with Gasteiger partial charge in [-0.2, -0.15) is 0 Å². The maximum absolute atomic E-state index is 11.7. The van der Waals surface area contributed by atoms with E-state index in [1.807, 2.05) is 12.2 Å². The summed E-state index contributed by atoms with van der Waals surface area (Å²) in [6.07, 6.45) is 12.7. The molecular formula is C19H32O4. The number of carboxylic acid groups (broad SMARTS) is 1. The summed E-state index contributed by atoms with van der Waals surface area (Å²) in [6, 6.07) is 0. The Kier molecular flexibility index (Phi) is 14.3. The minimum absolute atomic E-state index is 0.169. The molecule has 0 aliphatic heterocycles. The molecule has 0 unspecified atom stereocenters. The minimum Gasteiger partial charge on any atom is -0.481 e. The molecule has 0 aliphatic rings. The van der Waals surface area contributed by atoms with Crippen molar-refractivity contribution in [3.05, 3.63) is 25.3 Å². The van der Waals surface area contributed by atoms with Gasteiger partial charge in [0.1, 0.15) is 0 Å². The molecule has 23 heavy (non-hydrogen) atoms. The lowest BCUT2D eigenvalue weighted by Crippen LogP contribution is -2.14. The van der Waals surface area contributed by atoms with E-state index in [9.17, 15) is 9.59 Å². The van der Waals surface area contributed by atoms with Gasteiger partial charge >= 0.3 is 11.9 Å². The molecule has 0 aliphatic carbocycles. The zero-order chi connectivity index (χ0) is 17.3. The number of carboxylic acids is 1. The zero-order valence-electron chi connectivity index (χ0n) is 14.3. The molecule has 132 valence electrons. The van der Waals surface area contributed by atoms with Gasteiger partial charge in [-0.05, 0) is 57.3 Å². The maximum Gasteiger partial charge on any atom is 0.305 e. The quantitative estimate of drug-likeness (QED) is 0.249. The molecule has 4 heteroatoms. The van der Waals surface area contributed by atoms with Crippen LogP contribution in [0.25, 0.3) is 0 Å². The molecule has 0 rings (SSSR count). The number of unbranched alkanes of at least 4 members (excludes halogenated alkanes) is 4. The van der Waals surface area contributed by atoms with Crippen LogP contribution >= 0.6 is 0 Å². The van der Waals surface area contributed by atoms with Crippen LogP contribution in [-0.2, 0) is 14.3 Å². The number of esters is 1. The summed E-state index contributed by atoms with van der Waals surface area (Å²) < 4.78 is 5.39. The van der Waals surface area contributed by atoms with Crippen molar-refractivity contribution < 1.29 is 19.4 Å². The van der Waals surface area contributed by atoms with E-state index in [1.54, 1.807) is 0 Å². The first kappa shape index (κ1) is 21.4. The molecule has 0 amide bonds. The second-order valence-electron chi connectivity index (χ2n) is 5.94. The van der Waals surface area contributed by atoms with Gasteiger partial charge in [-0.3, -0.25) is 9.59 Å². The number of allylic oxidation sites excluding steroid dienone is 2. The topological polar surface area (TPSA) is 63.6 Å². The molecule has 0 aromatic heterocycles. The molecule has 0 spiro atoms. The van der Waals surface area contributed by atoms with E-state index >= 15 is 0 Å². The molecule has 0 saturated carbocycles. The second kappa shape index (κ2) is 15.3. The van der Waals surface area contributed by atoms with Gasteiger partial charge in [-0.25, -0.2) is 0 Å². The van der Waals surface area contributed by atoms with E-state index in [0.717, 1.165) is 44.9 Å². The van der Waals surface area contributed by atoms with Crippen molar-refractivity contribution in [2.45, 2.75) is 70.6 Å². The van der Waals surface area contributed by atoms with Gasteiger partial charge in [0.2, 0.25) is 0 Å². The van der Waals surface area contributed by atoms with Gasteiger partial charge in [-0.15, -0.1) is 13.2 Å². The lowest BCUT2D eigenvalue weighted by atomic mass is 9.96. The number of hydrogen-bond donors (Lipinski definition) is 1. The van der Waals surface area contributed by atoms with E-state index in [1.165, 1.54) is 0 Å². The first-order valence-electron chi connectivity index (χ1n) is 8.69. The SMILES string of the molecule is C=CCCCC(CCCC=C)COC(=O)CCCCCC(=O)O. The predicted molar refractivity (Wildman–Crippen MR) is 93.3 cm³/mol. The zero-order valence-corrected chi connectivity index (χ0v) is 14.3. The van der Waals surface area contributed by atoms with Gasteiger partial charge in [0.15, 0.2) is 0 Å². The lowest BCUT2D eigenvalue weighted by molar-refractivity contribution is -0.145. The molecule has 0 radical (unpaired) electrons. The number of rotatable bonds is 16. The summed E-state index contributed by atoms with van der Waals surface area (Å²) in [4.78, 5) is 22.1. The van der Waals surface area contributed by atoms with Crippen LogP contribution in [-0.4, -0.2) is 23.7 Å². The first-order chi connectivity index (χ1) is 11.1. The van der Waals surface area contributed by atoms with E-state index in [0.29, 0.717) is 31.8 Å². The fourth-order valence-corrected chi connectivity index (χ4v) is 2.42. The van der Waals surface area contributed by atoms with Crippen LogP contribution in [0, 0.1) is 5.92 Å². The molecular weight excluding hydrogens is 292 g/mol. The predicted octanol–water partition coefficient (Wildman–Crippen LogP) is 4.89. The Hall–Kier alpha value is -1.58. The third-order valence-corrected chi connectivity index (χ3v) is 3.79. The van der Waals surface area contributed by atoms with Crippen LogP contribution in [0.3, 0.4) is 0 Å². The highest BCUT2D eigenvalue weighted by Crippen LogP contribution is 2.17. The van der Waals surface area contributed by atoms with E-state index < -0.39 is 5.97 Å². The number of hydrogen-bond acceptors (Lipinski definition) is 3. The smallest absolute Gasteiger partial charge is 0.305 e. The monoisotopic (exact) mass is 324 g/mol. The van der Waals surface area contributed by atoms with Gasteiger partial charge in [0.25, 0.3) is 0 Å². The summed E-state index contributed by atoms with van der Waals surface area (Å²) in [7, 11) is 0. The van der Waals surface area contributed by atoms with Crippen LogP contribution in [0.5, 0.6) is 0 Å². The van der Waals surface area contributed by atoms with Crippen molar-refractivity contribution >= 4 is 11.9 Å². The van der Waals surface area contributed by atoms with Crippen molar-refractivity contribution in [2.24, 2.45) is 5.92 Å². The van der Waals surface area contributed by atoms with Gasteiger partial charge in [0, 0.05) is 12.8 Å². The van der Waals surface area contributed by atoms with Crippen molar-refractivity contribution in [1.82, 2.24) is 0 Å². The van der Waals surface area contributed by atoms with Crippen molar-refractivity contribution in [2.75, 3.05) is 6.61 Å². The molecule has 1 N–H and O–H groups in total. The van der Waals surface area contributed by atoms with Gasteiger partial charge < -0.3 is 9.84 Å². The largest absolute Gasteiger partial charge is 0.481 e. The Labute approximate surface area is 140 Å². The summed E-state index contributed by atoms with van der Waals surface area (Å²) in [6.45, 7) is 7.95. The highest BCUT2D eigenvalue weighted by atomic mass is 16.5. The van der Waals surface area contributed by atoms with Crippen LogP contribution < -0.4 is 0 Å². The summed E-state index contributed by atoms with van der Waals surface area (Å²) in [5, 5.41) is 8.54. The molecule has 0 bridgehead atoms. The number of carbonyl (C=O) groups excluding carboxylic acids is 1. The second-order valence-corrected chi connectivity index (χ2v) is 5.94. The molecule has 0 aromatic rings. The Morgan fingerprint density at radius 3 is 2.00 bits per heavy atom. The van der Waals surface area contributed by atoms with Crippen molar-refractivity contribution in [1.29, 1.82) is 0 Å². The van der Waals surface area contributed by atoms with E-state index in [4.69, 9.17) is 9.84 Å². The first-order valence-corrected chi connectivity index (χ1v) is 8.69. The highest BCUT2D eigenvalue weighted by Gasteiger charge is 2.11. The summed E-state index contributed by atoms with van der Waals surface area (Å²) in [5.41, 5.74) is 0. The fraction of sp³-hybridized carbons (Fsp3) is 0.684. The molecule has 0 aromatic carbocycles. The van der Waals surface area contributed by atoms with Crippen LogP contribution in [0.15, 0.2) is 25.3 Å². The van der Waals surface area contributed by atoms with Crippen LogP contribution in [0.4, 0.5) is 0 Å². The number of ether oxygens (including phenoxy) is 1. The molecule has 0 saturated heterocycles. The number of aliphatic carboxylic acids is 1. The van der Waals surface area contributed by atoms with Gasteiger partial charge in [-0.1, -0.05) is 18.6 Å². The molecule has 0 atom stereocenters. The van der Waals surface area contributed by atoms with Crippen molar-refractivity contribution in [3.63, 3.8) is 0 Å². The third kappa shape index (κ3) is 15.1.